The van der Waals surface area contributed by atoms with Crippen molar-refractivity contribution in [3.05, 3.63) is 34.9 Å². The molecule has 3 amide bonds. The van der Waals surface area contributed by atoms with Gasteiger partial charge in [-0.3, -0.25) is 19.7 Å². The van der Waals surface area contributed by atoms with E-state index in [1.807, 2.05) is 12.1 Å². The van der Waals surface area contributed by atoms with Crippen LogP contribution >= 0.6 is 0 Å². The Morgan fingerprint density at radius 3 is 2.60 bits per heavy atom. The minimum absolute atomic E-state index is 0.0982. The molecule has 4 aliphatic heterocycles. The molecule has 1 aromatic carbocycles. The number of benzene rings is 1. The van der Waals surface area contributed by atoms with Crippen molar-refractivity contribution in [1.29, 1.82) is 0 Å². The second-order valence-electron chi connectivity index (χ2n) is 9.52. The molecular formula is C23H30N4O3. The van der Waals surface area contributed by atoms with Gasteiger partial charge in [-0.1, -0.05) is 12.1 Å². The van der Waals surface area contributed by atoms with E-state index in [0.29, 0.717) is 30.6 Å². The topological polar surface area (TPSA) is 81.8 Å². The third-order valence-electron chi connectivity index (χ3n) is 7.26. The van der Waals surface area contributed by atoms with Crippen molar-refractivity contribution < 1.29 is 14.4 Å². The first-order valence-electron chi connectivity index (χ1n) is 11.2. The predicted octanol–water partition coefficient (Wildman–Crippen LogP) is 1.41. The smallest absolute Gasteiger partial charge is 0.255 e. The van der Waals surface area contributed by atoms with Crippen molar-refractivity contribution in [3.8, 4) is 0 Å². The van der Waals surface area contributed by atoms with Gasteiger partial charge < -0.3 is 15.1 Å². The maximum Gasteiger partial charge on any atom is 0.255 e. The zero-order valence-corrected chi connectivity index (χ0v) is 17.5. The second kappa shape index (κ2) is 7.78. The first kappa shape index (κ1) is 19.7. The Hall–Kier alpha value is -2.25. The molecule has 3 fully saturated rings. The van der Waals surface area contributed by atoms with Gasteiger partial charge in [0.25, 0.3) is 5.91 Å². The van der Waals surface area contributed by atoms with Crippen molar-refractivity contribution in [3.63, 3.8) is 0 Å². The second-order valence-corrected chi connectivity index (χ2v) is 9.52. The van der Waals surface area contributed by atoms with E-state index < -0.39 is 6.04 Å². The quantitative estimate of drug-likeness (QED) is 0.718. The summed E-state index contributed by atoms with van der Waals surface area (Å²) in [5.74, 6) is 0.0201. The van der Waals surface area contributed by atoms with E-state index in [4.69, 9.17) is 0 Å². The van der Waals surface area contributed by atoms with E-state index in [9.17, 15) is 14.4 Å². The van der Waals surface area contributed by atoms with Gasteiger partial charge in [-0.2, -0.15) is 0 Å². The van der Waals surface area contributed by atoms with Gasteiger partial charge in [0.2, 0.25) is 11.8 Å². The number of nitrogens with one attached hydrogen (secondary N) is 2. The summed E-state index contributed by atoms with van der Waals surface area (Å²) in [7, 11) is 2.16. The lowest BCUT2D eigenvalue weighted by molar-refractivity contribution is -0.136. The first-order chi connectivity index (χ1) is 14.5. The van der Waals surface area contributed by atoms with E-state index in [1.165, 1.54) is 25.7 Å². The molecule has 30 heavy (non-hydrogen) atoms. The fraction of sp³-hybridized carbons (Fsp3) is 0.609. The number of carbonyl (C=O) groups is 3. The van der Waals surface area contributed by atoms with Crippen molar-refractivity contribution >= 4 is 17.7 Å². The van der Waals surface area contributed by atoms with Crippen LogP contribution in [-0.4, -0.2) is 59.2 Å². The first-order valence-corrected chi connectivity index (χ1v) is 11.2. The molecule has 2 bridgehead atoms. The summed E-state index contributed by atoms with van der Waals surface area (Å²) in [6.07, 6.45) is 5.83. The van der Waals surface area contributed by atoms with Crippen LogP contribution in [0.5, 0.6) is 0 Å². The average molecular weight is 411 g/mol. The van der Waals surface area contributed by atoms with E-state index in [0.717, 1.165) is 30.1 Å². The third kappa shape index (κ3) is 3.65. The van der Waals surface area contributed by atoms with Crippen LogP contribution in [0.15, 0.2) is 18.2 Å². The van der Waals surface area contributed by atoms with E-state index in [1.54, 1.807) is 4.90 Å². The Balaban J connectivity index is 1.27. The molecule has 2 N–H and O–H groups in total. The summed E-state index contributed by atoms with van der Waals surface area (Å²) in [6, 6.07) is 6.74. The van der Waals surface area contributed by atoms with E-state index in [2.05, 4.69) is 28.6 Å². The summed E-state index contributed by atoms with van der Waals surface area (Å²) >= 11 is 0. The molecule has 0 radical (unpaired) electrons. The molecule has 0 aliphatic carbocycles. The summed E-state index contributed by atoms with van der Waals surface area (Å²) in [4.78, 5) is 40.8. The lowest BCUT2D eigenvalue weighted by atomic mass is 9.92. The van der Waals surface area contributed by atoms with Crippen LogP contribution in [0.25, 0.3) is 0 Å². The Morgan fingerprint density at radius 1 is 1.10 bits per heavy atom. The SMILES string of the molecule is CN(Cc1cccc2c1CN(C1CCC(=O)NC1=O)C2=O)CC1C[C@H]2CC[C@@H](C1)N2. The highest BCUT2D eigenvalue weighted by molar-refractivity contribution is 6.05. The van der Waals surface area contributed by atoms with Crippen molar-refractivity contribution in [2.75, 3.05) is 13.6 Å². The maximum atomic E-state index is 13.0. The van der Waals surface area contributed by atoms with E-state index in [-0.39, 0.29) is 24.1 Å². The fourth-order valence-corrected chi connectivity index (χ4v) is 5.92. The number of fused-ring (bicyclic) bond motifs is 3. The summed E-state index contributed by atoms with van der Waals surface area (Å²) in [5.41, 5.74) is 2.89. The van der Waals surface area contributed by atoms with Crippen LogP contribution in [-0.2, 0) is 22.7 Å². The van der Waals surface area contributed by atoms with Gasteiger partial charge >= 0.3 is 0 Å². The Morgan fingerprint density at radius 2 is 1.87 bits per heavy atom. The van der Waals surface area contributed by atoms with E-state index >= 15 is 0 Å². The molecule has 0 spiro atoms. The fourth-order valence-electron chi connectivity index (χ4n) is 5.92. The molecule has 4 aliphatic rings. The Bertz CT molecular complexity index is 873. The molecule has 4 heterocycles. The Labute approximate surface area is 177 Å². The average Bonchev–Trinajstić information content (AvgIpc) is 3.22. The van der Waals surface area contributed by atoms with Crippen LogP contribution in [0, 0.1) is 5.92 Å². The van der Waals surface area contributed by atoms with Crippen LogP contribution in [0.1, 0.15) is 60.0 Å². The number of carbonyl (C=O) groups excluding carboxylic acids is 3. The molecule has 160 valence electrons. The molecule has 2 unspecified atom stereocenters. The summed E-state index contributed by atoms with van der Waals surface area (Å²) in [6.45, 7) is 2.32. The minimum Gasteiger partial charge on any atom is -0.322 e. The van der Waals surface area contributed by atoms with Gasteiger partial charge in [-0.25, -0.2) is 0 Å². The minimum atomic E-state index is -0.557. The molecule has 0 saturated carbocycles. The van der Waals surface area contributed by atoms with Crippen molar-refractivity contribution in [1.82, 2.24) is 20.4 Å². The lowest BCUT2D eigenvalue weighted by Gasteiger charge is -2.32. The third-order valence-corrected chi connectivity index (χ3v) is 7.26. The zero-order valence-electron chi connectivity index (χ0n) is 17.5. The normalized spacial score (nSPS) is 30.7. The number of hydrogen-bond donors (Lipinski definition) is 2. The highest BCUT2D eigenvalue weighted by atomic mass is 16.2. The molecule has 4 atom stereocenters. The molecule has 7 heteroatoms. The largest absolute Gasteiger partial charge is 0.322 e. The summed E-state index contributed by atoms with van der Waals surface area (Å²) in [5, 5.41) is 6.08. The highest BCUT2D eigenvalue weighted by Crippen LogP contribution is 2.33. The molecular weight excluding hydrogens is 380 g/mol. The monoisotopic (exact) mass is 410 g/mol. The zero-order chi connectivity index (χ0) is 20.8. The summed E-state index contributed by atoms with van der Waals surface area (Å²) < 4.78 is 0. The number of rotatable bonds is 5. The standard InChI is InChI=1S/C23H30N4O3/c1-26(11-14-9-16-5-6-17(10-14)24-16)12-15-3-2-4-18-19(15)13-27(23(18)30)20-7-8-21(28)25-22(20)29/h2-4,14,16-17,20,24H,5-13H2,1H3,(H,25,28,29)/t14?,16-,17+,20?. The number of piperidine rings is 2. The molecule has 1 aromatic rings. The van der Waals surface area contributed by atoms with Gasteiger partial charge in [0.15, 0.2) is 0 Å². The maximum absolute atomic E-state index is 13.0. The predicted molar refractivity (Wildman–Crippen MR) is 111 cm³/mol. The molecule has 5 rings (SSSR count). The molecule has 0 aromatic heterocycles. The van der Waals surface area contributed by atoms with Crippen LogP contribution in [0.3, 0.4) is 0 Å². The van der Waals surface area contributed by atoms with Gasteiger partial charge in [-0.15, -0.1) is 0 Å². The molecule has 3 saturated heterocycles. The number of hydrogen-bond acceptors (Lipinski definition) is 5. The van der Waals surface area contributed by atoms with Gasteiger partial charge in [-0.05, 0) is 62.3 Å². The van der Waals surface area contributed by atoms with Gasteiger partial charge in [0.1, 0.15) is 6.04 Å². The van der Waals surface area contributed by atoms with Gasteiger partial charge in [0, 0.05) is 43.7 Å². The van der Waals surface area contributed by atoms with Crippen LogP contribution in [0.2, 0.25) is 0 Å². The van der Waals surface area contributed by atoms with Crippen LogP contribution < -0.4 is 10.6 Å². The van der Waals surface area contributed by atoms with Crippen molar-refractivity contribution in [2.24, 2.45) is 5.92 Å². The number of amides is 3. The lowest BCUT2D eigenvalue weighted by Crippen LogP contribution is -2.52. The Kier molecular flexibility index (Phi) is 5.11. The number of nitrogens with zero attached hydrogens (tertiary/aromatic N) is 2. The molecule has 7 nitrogen and oxygen atoms in total. The van der Waals surface area contributed by atoms with Crippen LogP contribution in [0.4, 0.5) is 0 Å². The highest BCUT2D eigenvalue weighted by Gasteiger charge is 2.40. The number of imide groups is 1. The van der Waals surface area contributed by atoms with Gasteiger partial charge in [0.05, 0.1) is 0 Å². The van der Waals surface area contributed by atoms with Crippen molar-refractivity contribution in [2.45, 2.75) is 69.7 Å².